The van der Waals surface area contributed by atoms with Crippen LogP contribution in [0.3, 0.4) is 0 Å². The van der Waals surface area contributed by atoms with Gasteiger partial charge in [0.25, 0.3) is 0 Å². The number of anilines is 2. The van der Waals surface area contributed by atoms with Gasteiger partial charge in [-0.25, -0.2) is 0 Å². The maximum Gasteiger partial charge on any atom is 0.390 e. The smallest absolute Gasteiger partial charge is 0.373 e. The van der Waals surface area contributed by atoms with Crippen LogP contribution in [-0.2, 0) is 4.79 Å². The molecule has 1 atom stereocenters. The van der Waals surface area contributed by atoms with Gasteiger partial charge in [-0.1, -0.05) is 0 Å². The molecule has 1 aliphatic heterocycles. The normalized spacial score (nSPS) is 17.6. The van der Waals surface area contributed by atoms with Crippen LogP contribution in [0.2, 0.25) is 0 Å². The summed E-state index contributed by atoms with van der Waals surface area (Å²) in [7, 11) is 3.27. The molecule has 1 amide bonds. The zero-order valence-corrected chi connectivity index (χ0v) is 13.1. The highest BCUT2D eigenvalue weighted by Crippen LogP contribution is 2.39. The third-order valence-corrected chi connectivity index (χ3v) is 4.02. The Hall–Kier alpha value is -1.28. The van der Waals surface area contributed by atoms with E-state index in [1.54, 1.807) is 26.2 Å². The third-order valence-electron chi connectivity index (χ3n) is 3.38. The van der Waals surface area contributed by atoms with E-state index in [1.807, 2.05) is 0 Å². The first-order valence-corrected chi connectivity index (χ1v) is 7.11. The van der Waals surface area contributed by atoms with Crippen molar-refractivity contribution in [1.82, 2.24) is 5.32 Å². The maximum absolute atomic E-state index is 12.3. The number of alkyl halides is 3. The number of fused-ring (bicyclic) bond motifs is 1. The lowest BCUT2D eigenvalue weighted by Crippen LogP contribution is -2.24. The second-order valence-electron chi connectivity index (χ2n) is 4.89. The van der Waals surface area contributed by atoms with E-state index in [9.17, 15) is 18.0 Å². The van der Waals surface area contributed by atoms with Gasteiger partial charge in [-0.15, -0.1) is 0 Å². The summed E-state index contributed by atoms with van der Waals surface area (Å²) in [4.78, 5) is 13.3. The summed E-state index contributed by atoms with van der Waals surface area (Å²) in [5.41, 5.74) is 2.01. The van der Waals surface area contributed by atoms with Gasteiger partial charge in [0.2, 0.25) is 5.91 Å². The molecule has 0 saturated heterocycles. The van der Waals surface area contributed by atoms with Gasteiger partial charge in [0.1, 0.15) is 6.04 Å². The molecule has 1 aromatic carbocycles. The largest absolute Gasteiger partial charge is 0.390 e. The molecule has 2 N–H and O–H groups in total. The van der Waals surface area contributed by atoms with E-state index >= 15 is 0 Å². The van der Waals surface area contributed by atoms with E-state index in [1.165, 1.54) is 4.90 Å². The fourth-order valence-electron chi connectivity index (χ4n) is 2.26. The van der Waals surface area contributed by atoms with Crippen molar-refractivity contribution in [2.45, 2.75) is 18.6 Å². The summed E-state index contributed by atoms with van der Waals surface area (Å²) in [5.74, 6) is -0.172. The molecule has 1 heterocycles. The third kappa shape index (κ3) is 3.49. The number of carbonyl (C=O) groups excluding carboxylic acids is 1. The van der Waals surface area contributed by atoms with Crippen molar-refractivity contribution in [1.29, 1.82) is 0 Å². The summed E-state index contributed by atoms with van der Waals surface area (Å²) in [6.45, 7) is -0.149. The number of hydrogen-bond donors (Lipinski definition) is 2. The molecule has 1 aliphatic rings. The molecular weight excluding hydrogens is 351 g/mol. The van der Waals surface area contributed by atoms with Crippen molar-refractivity contribution >= 4 is 33.2 Å². The van der Waals surface area contributed by atoms with Gasteiger partial charge in [0, 0.05) is 29.3 Å². The van der Waals surface area contributed by atoms with E-state index < -0.39 is 18.6 Å². The SMILES string of the molecule is CNC1C(=O)Nc2cc(N(C)CCC(F)(F)F)c(Br)cc21. The summed E-state index contributed by atoms with van der Waals surface area (Å²) in [5, 5.41) is 5.62. The number of hydrogen-bond acceptors (Lipinski definition) is 3. The fourth-order valence-corrected chi connectivity index (χ4v) is 2.93. The minimum atomic E-state index is -4.19. The quantitative estimate of drug-likeness (QED) is 0.861. The highest BCUT2D eigenvalue weighted by atomic mass is 79.9. The Kier molecular flexibility index (Phi) is 4.48. The Bertz CT molecular complexity index is 562. The van der Waals surface area contributed by atoms with E-state index in [4.69, 9.17) is 0 Å². The lowest BCUT2D eigenvalue weighted by Gasteiger charge is -2.22. The van der Waals surface area contributed by atoms with Gasteiger partial charge in [0.15, 0.2) is 0 Å². The number of amides is 1. The van der Waals surface area contributed by atoms with E-state index in [0.29, 0.717) is 15.8 Å². The van der Waals surface area contributed by atoms with Crippen molar-refractivity contribution in [3.63, 3.8) is 0 Å². The predicted molar refractivity (Wildman–Crippen MR) is 78.5 cm³/mol. The van der Waals surface area contributed by atoms with E-state index in [0.717, 1.165) is 5.56 Å². The Morgan fingerprint density at radius 2 is 2.10 bits per heavy atom. The molecule has 8 heteroatoms. The van der Waals surface area contributed by atoms with Crippen LogP contribution in [0.4, 0.5) is 24.5 Å². The van der Waals surface area contributed by atoms with Gasteiger partial charge < -0.3 is 15.5 Å². The van der Waals surface area contributed by atoms with Crippen LogP contribution in [0.15, 0.2) is 16.6 Å². The Balaban J connectivity index is 2.23. The summed E-state index contributed by atoms with van der Waals surface area (Å²) >= 11 is 3.36. The monoisotopic (exact) mass is 365 g/mol. The lowest BCUT2D eigenvalue weighted by atomic mass is 10.1. The van der Waals surface area contributed by atoms with Crippen molar-refractivity contribution in [3.05, 3.63) is 22.2 Å². The Morgan fingerprint density at radius 1 is 1.43 bits per heavy atom. The van der Waals surface area contributed by atoms with Crippen molar-refractivity contribution in [3.8, 4) is 0 Å². The molecule has 0 saturated carbocycles. The number of carbonyl (C=O) groups is 1. The fraction of sp³-hybridized carbons (Fsp3) is 0.462. The second-order valence-corrected chi connectivity index (χ2v) is 5.74. The first-order chi connectivity index (χ1) is 9.73. The van der Waals surface area contributed by atoms with Gasteiger partial charge in [-0.3, -0.25) is 4.79 Å². The molecule has 0 radical (unpaired) electrons. The first-order valence-electron chi connectivity index (χ1n) is 6.32. The minimum absolute atomic E-state index is 0.149. The molecule has 116 valence electrons. The number of nitrogens with one attached hydrogen (secondary N) is 2. The molecule has 21 heavy (non-hydrogen) atoms. The van der Waals surface area contributed by atoms with E-state index in [2.05, 4.69) is 26.6 Å². The highest BCUT2D eigenvalue weighted by molar-refractivity contribution is 9.10. The lowest BCUT2D eigenvalue weighted by molar-refractivity contribution is -0.132. The molecule has 0 aromatic heterocycles. The molecule has 0 fully saturated rings. The zero-order valence-electron chi connectivity index (χ0n) is 11.5. The topological polar surface area (TPSA) is 44.4 Å². The van der Waals surface area contributed by atoms with Crippen LogP contribution >= 0.6 is 15.9 Å². The Labute approximate surface area is 128 Å². The van der Waals surface area contributed by atoms with Crippen molar-refractivity contribution in [2.75, 3.05) is 30.9 Å². The van der Waals surface area contributed by atoms with E-state index in [-0.39, 0.29) is 12.5 Å². The van der Waals surface area contributed by atoms with Crippen LogP contribution < -0.4 is 15.5 Å². The van der Waals surface area contributed by atoms with Gasteiger partial charge in [-0.2, -0.15) is 13.2 Å². The van der Waals surface area contributed by atoms with Crippen LogP contribution in [-0.4, -0.2) is 32.7 Å². The van der Waals surface area contributed by atoms with Crippen molar-refractivity contribution in [2.24, 2.45) is 0 Å². The van der Waals surface area contributed by atoms with Crippen LogP contribution in [0.5, 0.6) is 0 Å². The molecule has 1 aromatic rings. The van der Waals surface area contributed by atoms with Crippen molar-refractivity contribution < 1.29 is 18.0 Å². The molecule has 0 bridgehead atoms. The number of likely N-dealkylation sites (N-methyl/N-ethyl adjacent to an activating group) is 1. The summed E-state index contributed by atoms with van der Waals surface area (Å²) in [6.07, 6.45) is -5.08. The number of halogens is 4. The van der Waals surface area contributed by atoms with Crippen LogP contribution in [0, 0.1) is 0 Å². The van der Waals surface area contributed by atoms with Crippen LogP contribution in [0.1, 0.15) is 18.0 Å². The molecular formula is C13H15BrF3N3O. The predicted octanol–water partition coefficient (Wildman–Crippen LogP) is 3.05. The average Bonchev–Trinajstić information content (AvgIpc) is 2.68. The second kappa shape index (κ2) is 5.84. The minimum Gasteiger partial charge on any atom is -0.373 e. The average molecular weight is 366 g/mol. The zero-order chi connectivity index (χ0) is 15.8. The van der Waals surface area contributed by atoms with Gasteiger partial charge in [-0.05, 0) is 35.1 Å². The molecule has 0 spiro atoms. The highest BCUT2D eigenvalue weighted by Gasteiger charge is 2.31. The number of rotatable bonds is 4. The van der Waals surface area contributed by atoms with Crippen LogP contribution in [0.25, 0.3) is 0 Å². The Morgan fingerprint density at radius 3 is 2.67 bits per heavy atom. The molecule has 0 aliphatic carbocycles. The molecule has 4 nitrogen and oxygen atoms in total. The molecule has 2 rings (SSSR count). The molecule has 1 unspecified atom stereocenters. The number of benzene rings is 1. The van der Waals surface area contributed by atoms with Gasteiger partial charge in [0.05, 0.1) is 12.1 Å². The maximum atomic E-state index is 12.3. The summed E-state index contributed by atoms with van der Waals surface area (Å²) in [6, 6.07) is 3.00. The number of nitrogens with zero attached hydrogens (tertiary/aromatic N) is 1. The first kappa shape index (κ1) is 16.1. The summed E-state index contributed by atoms with van der Waals surface area (Å²) < 4.78 is 37.5. The van der Waals surface area contributed by atoms with Gasteiger partial charge >= 0.3 is 6.18 Å². The standard InChI is InChI=1S/C13H15BrF3N3O/c1-18-11-7-5-8(14)10(6-9(7)19-12(11)21)20(2)4-3-13(15,16)17/h5-6,11,18H,3-4H2,1-2H3,(H,19,21).